The van der Waals surface area contributed by atoms with Crippen LogP contribution in [0.2, 0.25) is 0 Å². The highest BCUT2D eigenvalue weighted by molar-refractivity contribution is 4.86. The third-order valence-corrected chi connectivity index (χ3v) is 1.07. The molecule has 0 amide bonds. The van der Waals surface area contributed by atoms with Crippen molar-refractivity contribution in [3.63, 3.8) is 0 Å². The fourth-order valence-corrected chi connectivity index (χ4v) is 0.419. The van der Waals surface area contributed by atoms with Crippen LogP contribution in [0.3, 0.4) is 0 Å². The number of aliphatic hydroxyl groups is 1. The van der Waals surface area contributed by atoms with Crippen LogP contribution in [-0.2, 0) is 0 Å². The number of hydrogen-bond donors (Lipinski definition) is 1. The Balaban J connectivity index is 3.47. The minimum Gasteiger partial charge on any atom is -0.389 e. The van der Waals surface area contributed by atoms with Gasteiger partial charge in [-0.25, -0.2) is 0 Å². The second-order valence-electron chi connectivity index (χ2n) is 2.26. The maximum Gasteiger partial charge on any atom is 0.0743 e. The average molecular weight is 114 g/mol. The lowest BCUT2D eigenvalue weighted by Gasteiger charge is -2.07. The zero-order chi connectivity index (χ0) is 6.57. The summed E-state index contributed by atoms with van der Waals surface area (Å²) in [7, 11) is 0. The van der Waals surface area contributed by atoms with Crippen LogP contribution in [-0.4, -0.2) is 11.2 Å². The second kappa shape index (κ2) is 3.67. The van der Waals surface area contributed by atoms with Crippen molar-refractivity contribution in [1.29, 1.82) is 0 Å². The third-order valence-electron chi connectivity index (χ3n) is 1.07. The number of allylic oxidation sites excluding steroid dienone is 1. The Hall–Kier alpha value is -0.300. The van der Waals surface area contributed by atoms with Gasteiger partial charge in [0.05, 0.1) is 6.10 Å². The molecule has 0 spiro atoms. The fourth-order valence-electron chi connectivity index (χ4n) is 0.419. The molecule has 0 saturated heterocycles. The normalized spacial score (nSPS) is 15.6. The first kappa shape index (κ1) is 7.70. The molecule has 0 aromatic rings. The topological polar surface area (TPSA) is 20.2 Å². The molecule has 0 aromatic heterocycles. The van der Waals surface area contributed by atoms with Crippen LogP contribution in [0.4, 0.5) is 0 Å². The van der Waals surface area contributed by atoms with Crippen LogP contribution < -0.4 is 0 Å². The van der Waals surface area contributed by atoms with Crippen molar-refractivity contribution in [1.82, 2.24) is 0 Å². The van der Waals surface area contributed by atoms with Crippen LogP contribution in [0.1, 0.15) is 20.8 Å². The predicted octanol–water partition coefficient (Wildman–Crippen LogP) is 1.58. The molecule has 1 atom stereocenters. The Morgan fingerprint density at radius 1 is 1.38 bits per heavy atom. The zero-order valence-electron chi connectivity index (χ0n) is 5.76. The summed E-state index contributed by atoms with van der Waals surface area (Å²) in [5.41, 5.74) is 0. The second-order valence-corrected chi connectivity index (χ2v) is 2.26. The summed E-state index contributed by atoms with van der Waals surface area (Å²) in [4.78, 5) is 0. The first-order chi connectivity index (χ1) is 3.68. The molecule has 0 fully saturated rings. The maximum atomic E-state index is 9.04. The van der Waals surface area contributed by atoms with E-state index in [0.717, 1.165) is 0 Å². The van der Waals surface area contributed by atoms with Crippen LogP contribution >= 0.6 is 0 Å². The molecule has 0 unspecified atom stereocenters. The molecule has 0 radical (unpaired) electrons. The van der Waals surface area contributed by atoms with Crippen molar-refractivity contribution >= 4 is 0 Å². The van der Waals surface area contributed by atoms with Gasteiger partial charge in [0.25, 0.3) is 0 Å². The van der Waals surface area contributed by atoms with Gasteiger partial charge in [0.1, 0.15) is 0 Å². The van der Waals surface area contributed by atoms with Gasteiger partial charge in [-0.1, -0.05) is 26.0 Å². The van der Waals surface area contributed by atoms with Crippen molar-refractivity contribution in [2.24, 2.45) is 5.92 Å². The summed E-state index contributed by atoms with van der Waals surface area (Å²) in [6.45, 7) is 5.89. The molecular weight excluding hydrogens is 100 g/mol. The third kappa shape index (κ3) is 2.80. The molecule has 0 aliphatic heterocycles. The molecule has 1 heteroatoms. The molecule has 0 rings (SSSR count). The van der Waals surface area contributed by atoms with Gasteiger partial charge < -0.3 is 5.11 Å². The lowest BCUT2D eigenvalue weighted by atomic mass is 10.1. The van der Waals surface area contributed by atoms with E-state index in [1.165, 1.54) is 0 Å². The lowest BCUT2D eigenvalue weighted by molar-refractivity contribution is 0.172. The average Bonchev–Trinajstić information content (AvgIpc) is 1.67. The lowest BCUT2D eigenvalue weighted by Crippen LogP contribution is -2.10. The van der Waals surface area contributed by atoms with Crippen LogP contribution in [0.15, 0.2) is 12.2 Å². The van der Waals surface area contributed by atoms with Gasteiger partial charge in [-0.15, -0.1) is 0 Å². The Kier molecular flexibility index (Phi) is 3.53. The quantitative estimate of drug-likeness (QED) is 0.540. The number of rotatable bonds is 2. The van der Waals surface area contributed by atoms with Gasteiger partial charge in [-0.2, -0.15) is 0 Å². The molecule has 0 heterocycles. The summed E-state index contributed by atoms with van der Waals surface area (Å²) in [5.74, 6) is 0.339. The van der Waals surface area contributed by atoms with Gasteiger partial charge in [-0.3, -0.25) is 0 Å². The fraction of sp³-hybridized carbons (Fsp3) is 0.714. The number of hydrogen-bond acceptors (Lipinski definition) is 1. The minimum atomic E-state index is -0.264. The van der Waals surface area contributed by atoms with Gasteiger partial charge in [-0.05, 0) is 12.8 Å². The molecule has 0 saturated carbocycles. The summed E-state index contributed by atoms with van der Waals surface area (Å²) in [5, 5.41) is 9.04. The van der Waals surface area contributed by atoms with Crippen molar-refractivity contribution in [3.05, 3.63) is 12.2 Å². The van der Waals surface area contributed by atoms with Gasteiger partial charge in [0.15, 0.2) is 0 Å². The molecule has 8 heavy (non-hydrogen) atoms. The van der Waals surface area contributed by atoms with Crippen molar-refractivity contribution in [2.75, 3.05) is 0 Å². The standard InChI is InChI=1S/C7H14O/c1-4-5-7(8)6(2)3/h4-8H,1-3H3/b5-4-/t7-/m0/s1. The Morgan fingerprint density at radius 2 is 1.88 bits per heavy atom. The van der Waals surface area contributed by atoms with Crippen molar-refractivity contribution in [3.8, 4) is 0 Å². The molecule has 0 aromatic carbocycles. The van der Waals surface area contributed by atoms with E-state index in [4.69, 9.17) is 5.11 Å². The van der Waals surface area contributed by atoms with Gasteiger partial charge >= 0.3 is 0 Å². The van der Waals surface area contributed by atoms with Crippen LogP contribution in [0.25, 0.3) is 0 Å². The van der Waals surface area contributed by atoms with E-state index in [1.54, 1.807) is 6.08 Å². The van der Waals surface area contributed by atoms with E-state index in [1.807, 2.05) is 26.8 Å². The monoisotopic (exact) mass is 114 g/mol. The van der Waals surface area contributed by atoms with E-state index in [0.29, 0.717) is 5.92 Å². The molecule has 0 bridgehead atoms. The van der Waals surface area contributed by atoms with E-state index >= 15 is 0 Å². The van der Waals surface area contributed by atoms with Crippen LogP contribution in [0, 0.1) is 5.92 Å². The predicted molar refractivity (Wildman–Crippen MR) is 35.7 cm³/mol. The summed E-state index contributed by atoms with van der Waals surface area (Å²) in [6, 6.07) is 0. The Bertz CT molecular complexity index is 74.5. The van der Waals surface area contributed by atoms with E-state index in [-0.39, 0.29) is 6.10 Å². The highest BCUT2D eigenvalue weighted by Gasteiger charge is 2.01. The first-order valence-electron chi connectivity index (χ1n) is 2.99. The highest BCUT2D eigenvalue weighted by Crippen LogP contribution is 2.00. The van der Waals surface area contributed by atoms with Crippen molar-refractivity contribution in [2.45, 2.75) is 26.9 Å². The molecular formula is C7H14O. The molecule has 1 N–H and O–H groups in total. The SMILES string of the molecule is C/C=C\[C@H](O)C(C)C. The maximum absolute atomic E-state index is 9.04. The highest BCUT2D eigenvalue weighted by atomic mass is 16.3. The van der Waals surface area contributed by atoms with Crippen LogP contribution in [0.5, 0.6) is 0 Å². The van der Waals surface area contributed by atoms with Gasteiger partial charge in [0.2, 0.25) is 0 Å². The van der Waals surface area contributed by atoms with Crippen molar-refractivity contribution < 1.29 is 5.11 Å². The molecule has 1 nitrogen and oxygen atoms in total. The largest absolute Gasteiger partial charge is 0.389 e. The Labute approximate surface area is 51.0 Å². The molecule has 48 valence electrons. The zero-order valence-corrected chi connectivity index (χ0v) is 5.76. The molecule has 0 aliphatic rings. The van der Waals surface area contributed by atoms with E-state index in [2.05, 4.69) is 0 Å². The van der Waals surface area contributed by atoms with E-state index in [9.17, 15) is 0 Å². The first-order valence-corrected chi connectivity index (χ1v) is 2.99. The summed E-state index contributed by atoms with van der Waals surface area (Å²) >= 11 is 0. The van der Waals surface area contributed by atoms with Gasteiger partial charge in [0, 0.05) is 0 Å². The Morgan fingerprint density at radius 3 is 2.00 bits per heavy atom. The molecule has 0 aliphatic carbocycles. The smallest absolute Gasteiger partial charge is 0.0743 e. The number of aliphatic hydroxyl groups excluding tert-OH is 1. The minimum absolute atomic E-state index is 0.264. The summed E-state index contributed by atoms with van der Waals surface area (Å²) < 4.78 is 0. The summed E-state index contributed by atoms with van der Waals surface area (Å²) in [6.07, 6.45) is 3.40. The van der Waals surface area contributed by atoms with E-state index < -0.39 is 0 Å².